The number of carbonyl (C=O) groups excluding carboxylic acids is 2. The van der Waals surface area contributed by atoms with Crippen molar-refractivity contribution in [3.63, 3.8) is 0 Å². The van der Waals surface area contributed by atoms with E-state index in [1.165, 1.54) is 17.0 Å². The van der Waals surface area contributed by atoms with Crippen molar-refractivity contribution in [3.05, 3.63) is 65.2 Å². The van der Waals surface area contributed by atoms with Gasteiger partial charge in [0, 0.05) is 0 Å². The van der Waals surface area contributed by atoms with Gasteiger partial charge in [0.1, 0.15) is 11.8 Å². The van der Waals surface area contributed by atoms with Crippen molar-refractivity contribution in [3.8, 4) is 5.75 Å². The fourth-order valence-corrected chi connectivity index (χ4v) is 4.29. The number of hydrogen-bond donors (Lipinski definition) is 4. The van der Waals surface area contributed by atoms with Crippen LogP contribution in [0.25, 0.3) is 0 Å². The fraction of sp³-hybridized carbons (Fsp3) is 0.348. The lowest BCUT2D eigenvalue weighted by Gasteiger charge is -2.30. The third kappa shape index (κ3) is 5.38. The minimum atomic E-state index is -1.05. The summed E-state index contributed by atoms with van der Waals surface area (Å²) in [5, 5.41) is 20.9. The molecular weight excluding hydrogens is 416 g/mol. The Bertz CT molecular complexity index is 963. The highest BCUT2D eigenvalue weighted by Gasteiger charge is 2.41. The van der Waals surface area contributed by atoms with Crippen LogP contribution in [0.1, 0.15) is 35.6 Å². The van der Waals surface area contributed by atoms with Crippen molar-refractivity contribution >= 4 is 30.4 Å². The maximum atomic E-state index is 13.0. The first kappa shape index (κ1) is 22.7. The highest BCUT2D eigenvalue weighted by atomic mass is 32.1. The third-order valence-corrected chi connectivity index (χ3v) is 6.00. The number of carboxylic acids is 1. The molecule has 2 aromatic carbocycles. The second kappa shape index (κ2) is 9.87. The van der Waals surface area contributed by atoms with Crippen LogP contribution in [-0.4, -0.2) is 50.7 Å². The molecule has 7 nitrogen and oxygen atoms in total. The molecule has 2 unspecified atom stereocenters. The zero-order chi connectivity index (χ0) is 22.5. The summed E-state index contributed by atoms with van der Waals surface area (Å²) in [6.07, 6.45) is 1.25. The summed E-state index contributed by atoms with van der Waals surface area (Å²) in [5.74, 6) is -1.76. The Balaban J connectivity index is 1.66. The average molecular weight is 443 g/mol. The van der Waals surface area contributed by atoms with Gasteiger partial charge in [0.05, 0.1) is 17.8 Å². The fourth-order valence-electron chi connectivity index (χ4n) is 3.99. The number of phenolic OH excluding ortho intramolecular Hbond substituents is 1. The highest BCUT2D eigenvalue weighted by Crippen LogP contribution is 2.37. The molecule has 1 heterocycles. The number of likely N-dealkylation sites (tertiary alicyclic amines) is 1. The van der Waals surface area contributed by atoms with Gasteiger partial charge in [-0.05, 0) is 55.0 Å². The van der Waals surface area contributed by atoms with Crippen molar-refractivity contribution in [1.29, 1.82) is 0 Å². The molecule has 3 rings (SSSR count). The number of amides is 2. The summed E-state index contributed by atoms with van der Waals surface area (Å²) in [7, 11) is 0. The van der Waals surface area contributed by atoms with E-state index in [4.69, 9.17) is 0 Å². The number of aromatic hydroxyl groups is 1. The maximum absolute atomic E-state index is 13.0. The van der Waals surface area contributed by atoms with Crippen LogP contribution in [0.2, 0.25) is 0 Å². The van der Waals surface area contributed by atoms with Gasteiger partial charge in [-0.15, -0.1) is 0 Å². The third-order valence-electron chi connectivity index (χ3n) is 5.59. The molecule has 0 saturated carbocycles. The first-order valence-corrected chi connectivity index (χ1v) is 10.6. The summed E-state index contributed by atoms with van der Waals surface area (Å²) in [4.78, 5) is 38.5. The molecule has 164 valence electrons. The average Bonchev–Trinajstić information content (AvgIpc) is 3.19. The number of carbonyl (C=O) groups is 3. The van der Waals surface area contributed by atoms with Gasteiger partial charge in [-0.25, -0.2) is 4.79 Å². The second-order valence-electron chi connectivity index (χ2n) is 7.71. The number of thiol groups is 1. The molecule has 0 aromatic heterocycles. The minimum Gasteiger partial charge on any atom is -0.508 e. The van der Waals surface area contributed by atoms with Gasteiger partial charge in [0.15, 0.2) is 0 Å². The number of rotatable bonds is 7. The Hall–Kier alpha value is -3.00. The van der Waals surface area contributed by atoms with E-state index in [2.05, 4.69) is 17.9 Å². The van der Waals surface area contributed by atoms with Crippen LogP contribution in [0.3, 0.4) is 0 Å². The highest BCUT2D eigenvalue weighted by molar-refractivity contribution is 7.81. The summed E-state index contributed by atoms with van der Waals surface area (Å²) in [6.45, 7) is 1.64. The van der Waals surface area contributed by atoms with E-state index < -0.39 is 29.1 Å². The maximum Gasteiger partial charge on any atom is 0.326 e. The molecule has 2 aromatic rings. The molecule has 8 heteroatoms. The van der Waals surface area contributed by atoms with Gasteiger partial charge in [0.2, 0.25) is 11.8 Å². The number of benzene rings is 2. The van der Waals surface area contributed by atoms with E-state index in [0.717, 1.165) is 16.7 Å². The number of nitrogens with one attached hydrogen (secondary N) is 1. The molecule has 1 saturated heterocycles. The predicted octanol–water partition coefficient (Wildman–Crippen LogP) is 2.47. The number of carboxylic acid groups (broad SMARTS) is 1. The monoisotopic (exact) mass is 442 g/mol. The van der Waals surface area contributed by atoms with Gasteiger partial charge in [-0.2, -0.15) is 12.6 Å². The number of phenols is 1. The Kier molecular flexibility index (Phi) is 7.22. The van der Waals surface area contributed by atoms with Gasteiger partial charge in [0.25, 0.3) is 0 Å². The number of aryl methyl sites for hydroxylation is 1. The minimum absolute atomic E-state index is 0.135. The Labute approximate surface area is 186 Å². The van der Waals surface area contributed by atoms with Gasteiger partial charge >= 0.3 is 5.97 Å². The molecule has 0 spiro atoms. The smallest absolute Gasteiger partial charge is 0.326 e. The Morgan fingerprint density at radius 2 is 1.81 bits per heavy atom. The summed E-state index contributed by atoms with van der Waals surface area (Å²) < 4.78 is 0. The van der Waals surface area contributed by atoms with Crippen molar-refractivity contribution in [2.75, 3.05) is 6.54 Å². The molecule has 0 aliphatic carbocycles. The lowest BCUT2D eigenvalue weighted by molar-refractivity contribution is -0.149. The van der Waals surface area contributed by atoms with Crippen molar-refractivity contribution < 1.29 is 24.6 Å². The van der Waals surface area contributed by atoms with E-state index >= 15 is 0 Å². The van der Waals surface area contributed by atoms with Gasteiger partial charge in [-0.1, -0.05) is 36.4 Å². The number of hydrogen-bond acceptors (Lipinski definition) is 5. The molecule has 1 aliphatic rings. The first-order valence-electron chi connectivity index (χ1n) is 10.1. The summed E-state index contributed by atoms with van der Waals surface area (Å²) in [6, 6.07) is 12.8. The van der Waals surface area contributed by atoms with Crippen LogP contribution in [0.5, 0.6) is 5.75 Å². The quantitative estimate of drug-likeness (QED) is 0.493. The Morgan fingerprint density at radius 3 is 2.45 bits per heavy atom. The first-order chi connectivity index (χ1) is 14.8. The topological polar surface area (TPSA) is 107 Å². The molecule has 1 aliphatic heterocycles. The molecule has 31 heavy (non-hydrogen) atoms. The molecular formula is C23H26N2O5S. The molecule has 0 radical (unpaired) electrons. The van der Waals surface area contributed by atoms with E-state index in [1.807, 2.05) is 31.2 Å². The zero-order valence-electron chi connectivity index (χ0n) is 17.2. The van der Waals surface area contributed by atoms with E-state index in [0.29, 0.717) is 19.3 Å². The van der Waals surface area contributed by atoms with Crippen LogP contribution < -0.4 is 5.32 Å². The Morgan fingerprint density at radius 1 is 1.13 bits per heavy atom. The van der Waals surface area contributed by atoms with Crippen LogP contribution in [-0.2, 0) is 20.8 Å². The standard InChI is InChI=1S/C23H26N2O5S/c1-14-4-2-3-5-17(14)18-10-11-19(23(29)30)25(18)21(27)13-24-22(28)20(31)12-15-6-8-16(26)9-7-15/h2-9,18-20,26,31H,10-13H2,1H3,(H,24,28)(H,29,30)/t18?,19-,20?/m0/s1. The predicted molar refractivity (Wildman–Crippen MR) is 119 cm³/mol. The van der Waals surface area contributed by atoms with Crippen LogP contribution >= 0.6 is 12.6 Å². The van der Waals surface area contributed by atoms with Crippen molar-refractivity contribution in [2.24, 2.45) is 0 Å². The summed E-state index contributed by atoms with van der Waals surface area (Å²) >= 11 is 4.32. The van der Waals surface area contributed by atoms with E-state index in [-0.39, 0.29) is 18.3 Å². The SMILES string of the molecule is Cc1ccccc1C1CC[C@@H](C(=O)O)N1C(=O)CNC(=O)C(S)Cc1ccc(O)cc1. The van der Waals surface area contributed by atoms with Crippen molar-refractivity contribution in [1.82, 2.24) is 10.2 Å². The van der Waals surface area contributed by atoms with Gasteiger partial charge < -0.3 is 20.4 Å². The van der Waals surface area contributed by atoms with E-state index in [9.17, 15) is 24.6 Å². The van der Waals surface area contributed by atoms with Crippen molar-refractivity contribution in [2.45, 2.75) is 43.5 Å². The van der Waals surface area contributed by atoms with Crippen LogP contribution in [0.15, 0.2) is 48.5 Å². The molecule has 1 fully saturated rings. The van der Waals surface area contributed by atoms with E-state index in [1.54, 1.807) is 12.1 Å². The normalized spacial score (nSPS) is 19.1. The molecule has 3 atom stereocenters. The lowest BCUT2D eigenvalue weighted by atomic mass is 9.99. The molecule has 2 amide bonds. The molecule has 0 bridgehead atoms. The lowest BCUT2D eigenvalue weighted by Crippen LogP contribution is -2.47. The summed E-state index contributed by atoms with van der Waals surface area (Å²) in [5.41, 5.74) is 2.74. The molecule has 3 N–H and O–H groups in total. The van der Waals surface area contributed by atoms with Crippen LogP contribution in [0.4, 0.5) is 0 Å². The van der Waals surface area contributed by atoms with Gasteiger partial charge in [-0.3, -0.25) is 9.59 Å². The largest absolute Gasteiger partial charge is 0.508 e. The zero-order valence-corrected chi connectivity index (χ0v) is 18.1. The second-order valence-corrected chi connectivity index (χ2v) is 8.33. The number of aliphatic carboxylic acids is 1. The van der Waals surface area contributed by atoms with Crippen LogP contribution in [0, 0.1) is 6.92 Å². The number of nitrogens with zero attached hydrogens (tertiary/aromatic N) is 1.